The van der Waals surface area contributed by atoms with Crippen LogP contribution >= 0.6 is 12.2 Å². The molecule has 0 N–H and O–H groups in total. The molecule has 0 amide bonds. The number of likely N-dealkylation sites (N-methyl/N-ethyl adjacent to an activating group) is 2. The molecule has 0 heterocycles. The van der Waals surface area contributed by atoms with Crippen molar-refractivity contribution in [1.82, 2.24) is 4.90 Å². The van der Waals surface area contributed by atoms with Gasteiger partial charge in [0.25, 0.3) is 0 Å². The monoisotopic (exact) mass is 254 g/mol. The van der Waals surface area contributed by atoms with Crippen LogP contribution in [0.2, 0.25) is 0 Å². The van der Waals surface area contributed by atoms with Crippen molar-refractivity contribution in [1.29, 1.82) is 0 Å². The Morgan fingerprint density at radius 3 is 2.29 bits per heavy atom. The summed E-state index contributed by atoms with van der Waals surface area (Å²) in [6.45, 7) is 9.15. The molecule has 1 rings (SSSR count). The average Bonchev–Trinajstić information content (AvgIpc) is 2.30. The van der Waals surface area contributed by atoms with Crippen LogP contribution in [-0.2, 0) is 0 Å². The Kier molecular flexibility index (Phi) is 4.83. The highest BCUT2D eigenvalue weighted by Gasteiger charge is 2.22. The molecular formula is C13H22N2OS. The first-order chi connectivity index (χ1) is 7.90. The first-order valence-electron chi connectivity index (χ1n) is 6.13. The fraction of sp³-hybridized carbons (Fsp3) is 0.692. The van der Waals surface area contributed by atoms with Crippen molar-refractivity contribution in [2.45, 2.75) is 26.7 Å². The molecule has 0 aliphatic carbocycles. The van der Waals surface area contributed by atoms with E-state index < -0.39 is 0 Å². The quantitative estimate of drug-likeness (QED) is 0.726. The van der Waals surface area contributed by atoms with E-state index in [1.165, 1.54) is 0 Å². The van der Waals surface area contributed by atoms with Gasteiger partial charge in [-0.1, -0.05) is 33.0 Å². The Bertz CT molecular complexity index is 446. The largest absolute Gasteiger partial charge is 0.372 e. The van der Waals surface area contributed by atoms with Crippen LogP contribution in [0.4, 0.5) is 5.69 Å². The van der Waals surface area contributed by atoms with Gasteiger partial charge in [0.15, 0.2) is 0 Å². The van der Waals surface area contributed by atoms with E-state index >= 15 is 0 Å². The van der Waals surface area contributed by atoms with Gasteiger partial charge in [-0.3, -0.25) is 4.79 Å². The molecule has 0 spiro atoms. The summed E-state index contributed by atoms with van der Waals surface area (Å²) >= 11 is 5.15. The van der Waals surface area contributed by atoms with Gasteiger partial charge in [-0.15, -0.1) is 0 Å². The summed E-state index contributed by atoms with van der Waals surface area (Å²) in [5.74, 6) is 0.260. The van der Waals surface area contributed by atoms with Crippen LogP contribution in [0.3, 0.4) is 0 Å². The molecule has 3 nitrogen and oxygen atoms in total. The average molecular weight is 254 g/mol. The molecule has 1 aromatic carbocycles. The van der Waals surface area contributed by atoms with Crippen LogP contribution in [0.25, 0.3) is 0 Å². The van der Waals surface area contributed by atoms with Gasteiger partial charge in [-0.25, -0.2) is 0 Å². The first kappa shape index (κ1) is 14.3. The van der Waals surface area contributed by atoms with E-state index in [1.54, 1.807) is 0 Å². The lowest BCUT2D eigenvalue weighted by atomic mass is 9.96. The van der Waals surface area contributed by atoms with Gasteiger partial charge in [0.2, 0.25) is 5.43 Å². The van der Waals surface area contributed by atoms with E-state index in [0.29, 0.717) is 4.51 Å². The minimum Gasteiger partial charge on any atom is -0.372 e. The van der Waals surface area contributed by atoms with Crippen molar-refractivity contribution >= 4 is 17.9 Å². The van der Waals surface area contributed by atoms with E-state index in [-0.39, 0.29) is 11.3 Å². The highest BCUT2D eigenvalue weighted by Crippen LogP contribution is 2.27. The van der Waals surface area contributed by atoms with Crippen LogP contribution < -0.4 is 10.3 Å². The maximum absolute atomic E-state index is 11.7. The number of anilines is 1. The lowest BCUT2D eigenvalue weighted by Gasteiger charge is -2.27. The highest BCUT2D eigenvalue weighted by atomic mass is 32.1. The van der Waals surface area contributed by atoms with Crippen LogP contribution in [0.15, 0.2) is 4.79 Å². The first-order valence-corrected chi connectivity index (χ1v) is 6.53. The van der Waals surface area contributed by atoms with Crippen LogP contribution in [-0.4, -0.2) is 38.6 Å². The second kappa shape index (κ2) is 5.74. The zero-order valence-corrected chi connectivity index (χ0v) is 12.2. The second-order valence-electron chi connectivity index (χ2n) is 4.89. The van der Waals surface area contributed by atoms with Crippen molar-refractivity contribution < 1.29 is 0 Å². The smallest absolute Gasteiger partial charge is 0.204 e. The Hall–Kier alpha value is -0.740. The lowest BCUT2D eigenvalue weighted by Crippen LogP contribution is -2.35. The maximum atomic E-state index is 11.7. The number of hydrogen-bond acceptors (Lipinski definition) is 4. The second-order valence-corrected chi connectivity index (χ2v) is 5.30. The summed E-state index contributed by atoms with van der Waals surface area (Å²) in [4.78, 5) is 16.0. The van der Waals surface area contributed by atoms with Crippen molar-refractivity contribution in [2.75, 3.05) is 38.6 Å². The van der Waals surface area contributed by atoms with E-state index in [9.17, 15) is 4.79 Å². The van der Waals surface area contributed by atoms with Gasteiger partial charge in [0.1, 0.15) is 4.51 Å². The molecule has 0 aliphatic rings. The summed E-state index contributed by atoms with van der Waals surface area (Å²) in [7, 11) is 4.11. The molecule has 0 aromatic heterocycles. The van der Waals surface area contributed by atoms with Gasteiger partial charge in [-0.2, -0.15) is 0 Å². The molecule has 0 atom stereocenters. The molecule has 0 radical (unpaired) electrons. The maximum Gasteiger partial charge on any atom is 0.204 e. The Labute approximate surface area is 109 Å². The molecule has 0 saturated carbocycles. The molecule has 0 aliphatic heterocycles. The van der Waals surface area contributed by atoms with Crippen LogP contribution in [0.1, 0.15) is 32.3 Å². The Morgan fingerprint density at radius 1 is 1.24 bits per heavy atom. The summed E-state index contributed by atoms with van der Waals surface area (Å²) in [5.41, 5.74) is 1.96. The molecule has 1 aromatic rings. The third-order valence-electron chi connectivity index (χ3n) is 3.24. The van der Waals surface area contributed by atoms with Crippen LogP contribution in [0.5, 0.6) is 0 Å². The van der Waals surface area contributed by atoms with Crippen LogP contribution in [0, 0.1) is 4.51 Å². The molecule has 96 valence electrons. The SMILES string of the molecule is CCN(C)CCN(C)c1c(C(C)C)c(=O)c1=S. The summed E-state index contributed by atoms with van der Waals surface area (Å²) in [5, 5.41) is 0. The molecular weight excluding hydrogens is 232 g/mol. The normalized spacial score (nSPS) is 11.7. The van der Waals surface area contributed by atoms with E-state index in [4.69, 9.17) is 12.2 Å². The Morgan fingerprint density at radius 2 is 1.82 bits per heavy atom. The van der Waals surface area contributed by atoms with Crippen molar-refractivity contribution in [2.24, 2.45) is 0 Å². The molecule has 0 fully saturated rings. The van der Waals surface area contributed by atoms with Crippen molar-refractivity contribution in [3.05, 3.63) is 20.3 Å². The fourth-order valence-electron chi connectivity index (χ4n) is 1.90. The minimum atomic E-state index is 0.0701. The van der Waals surface area contributed by atoms with Crippen molar-refractivity contribution in [3.63, 3.8) is 0 Å². The van der Waals surface area contributed by atoms with E-state index in [2.05, 4.69) is 23.8 Å². The summed E-state index contributed by atoms with van der Waals surface area (Å²) in [6, 6.07) is 0. The van der Waals surface area contributed by atoms with Gasteiger partial charge in [0.05, 0.1) is 5.69 Å². The number of rotatable bonds is 6. The molecule has 0 saturated heterocycles. The number of hydrogen-bond donors (Lipinski definition) is 0. The molecule has 0 unspecified atom stereocenters. The molecule has 17 heavy (non-hydrogen) atoms. The highest BCUT2D eigenvalue weighted by molar-refractivity contribution is 7.71. The standard InChI is InChI=1S/C13H22N2OS/c1-6-14(4)7-8-15(5)11-10(9(2)3)12(16)13(11)17/h9H,6-8H2,1-5H3. The summed E-state index contributed by atoms with van der Waals surface area (Å²) in [6.07, 6.45) is 0. The Balaban J connectivity index is 2.77. The predicted molar refractivity (Wildman–Crippen MR) is 76.4 cm³/mol. The topological polar surface area (TPSA) is 23.6 Å². The zero-order chi connectivity index (χ0) is 13.2. The van der Waals surface area contributed by atoms with E-state index in [1.807, 2.05) is 20.9 Å². The lowest BCUT2D eigenvalue weighted by molar-refractivity contribution is 0.360. The minimum absolute atomic E-state index is 0.0701. The third kappa shape index (κ3) is 2.93. The molecule has 0 bridgehead atoms. The van der Waals surface area contributed by atoms with Gasteiger partial charge >= 0.3 is 0 Å². The fourth-order valence-corrected chi connectivity index (χ4v) is 2.28. The zero-order valence-electron chi connectivity index (χ0n) is 11.4. The summed E-state index contributed by atoms with van der Waals surface area (Å²) < 4.78 is 0.510. The molecule has 4 heteroatoms. The van der Waals surface area contributed by atoms with Gasteiger partial charge in [0, 0.05) is 25.7 Å². The van der Waals surface area contributed by atoms with Crippen molar-refractivity contribution in [3.8, 4) is 0 Å². The van der Waals surface area contributed by atoms with Gasteiger partial charge < -0.3 is 9.80 Å². The van der Waals surface area contributed by atoms with Gasteiger partial charge in [-0.05, 0) is 19.5 Å². The third-order valence-corrected chi connectivity index (χ3v) is 3.62. The number of nitrogens with zero attached hydrogens (tertiary/aromatic N) is 2. The predicted octanol–water partition coefficient (Wildman–Crippen LogP) is 2.16. The van der Waals surface area contributed by atoms with E-state index in [0.717, 1.165) is 30.9 Å².